The maximum atomic E-state index is 4.47. The van der Waals surface area contributed by atoms with E-state index in [9.17, 15) is 0 Å². The summed E-state index contributed by atoms with van der Waals surface area (Å²) >= 11 is 0. The number of rotatable bonds is 3. The Morgan fingerprint density at radius 2 is 2.06 bits per heavy atom. The van der Waals surface area contributed by atoms with Crippen LogP contribution in [0, 0.1) is 6.92 Å². The summed E-state index contributed by atoms with van der Waals surface area (Å²) in [6.45, 7) is 2.71. The highest BCUT2D eigenvalue weighted by Crippen LogP contribution is 2.12. The standard InChI is InChI=1S/C14H14N4/c1-11-4-2-5-12(17-11)10-16-14-7-3-6-13-15-8-9-18(13)14/h2-9,16H,10H2,1H3. The molecule has 18 heavy (non-hydrogen) atoms. The molecule has 0 amide bonds. The minimum absolute atomic E-state index is 0.707. The molecule has 0 bridgehead atoms. The summed E-state index contributed by atoms with van der Waals surface area (Å²) in [4.78, 5) is 8.72. The molecule has 0 radical (unpaired) electrons. The largest absolute Gasteiger partial charge is 0.365 e. The Kier molecular flexibility index (Phi) is 2.68. The first-order chi connectivity index (χ1) is 8.83. The second kappa shape index (κ2) is 4.49. The monoisotopic (exact) mass is 238 g/mol. The van der Waals surface area contributed by atoms with E-state index in [1.807, 2.05) is 53.9 Å². The molecule has 0 aliphatic rings. The number of nitrogens with zero attached hydrogens (tertiary/aromatic N) is 3. The van der Waals surface area contributed by atoms with Crippen LogP contribution in [0.5, 0.6) is 0 Å². The maximum absolute atomic E-state index is 4.47. The van der Waals surface area contributed by atoms with Gasteiger partial charge in [0.1, 0.15) is 11.5 Å². The normalized spacial score (nSPS) is 10.7. The number of aromatic nitrogens is 3. The zero-order valence-corrected chi connectivity index (χ0v) is 10.2. The molecule has 3 aromatic rings. The molecule has 0 aromatic carbocycles. The van der Waals surface area contributed by atoms with Gasteiger partial charge >= 0.3 is 0 Å². The van der Waals surface area contributed by atoms with Gasteiger partial charge in [0.05, 0.1) is 12.2 Å². The lowest BCUT2D eigenvalue weighted by atomic mass is 10.3. The predicted octanol–water partition coefficient (Wildman–Crippen LogP) is 2.65. The van der Waals surface area contributed by atoms with Gasteiger partial charge in [-0.3, -0.25) is 9.38 Å². The highest BCUT2D eigenvalue weighted by molar-refractivity contribution is 5.49. The summed E-state index contributed by atoms with van der Waals surface area (Å²) in [5.41, 5.74) is 3.01. The van der Waals surface area contributed by atoms with Crippen LogP contribution < -0.4 is 5.32 Å². The summed E-state index contributed by atoms with van der Waals surface area (Å²) in [5, 5.41) is 3.38. The number of nitrogens with one attached hydrogen (secondary N) is 1. The van der Waals surface area contributed by atoms with Crippen LogP contribution in [0.4, 0.5) is 5.82 Å². The summed E-state index contributed by atoms with van der Waals surface area (Å²) in [6.07, 6.45) is 3.74. The fraction of sp³-hybridized carbons (Fsp3) is 0.143. The van der Waals surface area contributed by atoms with Crippen molar-refractivity contribution in [1.82, 2.24) is 14.4 Å². The molecule has 0 saturated carbocycles. The number of hydrogen-bond donors (Lipinski definition) is 1. The lowest BCUT2D eigenvalue weighted by molar-refractivity contribution is 0.993. The molecule has 3 heterocycles. The Balaban J connectivity index is 1.83. The van der Waals surface area contributed by atoms with Crippen LogP contribution in [0.15, 0.2) is 48.8 Å². The number of anilines is 1. The van der Waals surface area contributed by atoms with E-state index in [2.05, 4.69) is 15.3 Å². The Labute approximate surface area is 105 Å². The Morgan fingerprint density at radius 1 is 1.17 bits per heavy atom. The molecule has 0 unspecified atom stereocenters. The molecular formula is C14H14N4. The molecule has 90 valence electrons. The van der Waals surface area contributed by atoms with Crippen molar-refractivity contribution < 1.29 is 0 Å². The fourth-order valence-corrected chi connectivity index (χ4v) is 1.97. The predicted molar refractivity (Wildman–Crippen MR) is 71.5 cm³/mol. The molecular weight excluding hydrogens is 224 g/mol. The van der Waals surface area contributed by atoms with Gasteiger partial charge in [-0.15, -0.1) is 0 Å². The number of aryl methyl sites for hydroxylation is 1. The molecule has 3 aromatic heterocycles. The van der Waals surface area contributed by atoms with Gasteiger partial charge in [-0.1, -0.05) is 12.1 Å². The second-order valence-electron chi connectivity index (χ2n) is 4.19. The average molecular weight is 238 g/mol. The van der Waals surface area contributed by atoms with Gasteiger partial charge in [0, 0.05) is 18.1 Å². The van der Waals surface area contributed by atoms with Crippen molar-refractivity contribution in [3.63, 3.8) is 0 Å². The van der Waals surface area contributed by atoms with E-state index in [-0.39, 0.29) is 0 Å². The lowest BCUT2D eigenvalue weighted by Crippen LogP contribution is -2.05. The minimum atomic E-state index is 0.707. The smallest absolute Gasteiger partial charge is 0.138 e. The third-order valence-corrected chi connectivity index (χ3v) is 2.82. The van der Waals surface area contributed by atoms with Crippen molar-refractivity contribution in [3.8, 4) is 0 Å². The van der Waals surface area contributed by atoms with Crippen LogP contribution in [0.3, 0.4) is 0 Å². The SMILES string of the molecule is Cc1cccc(CNc2cccc3nccn23)n1. The number of imidazole rings is 1. The third kappa shape index (κ3) is 2.05. The van der Waals surface area contributed by atoms with Crippen molar-refractivity contribution in [1.29, 1.82) is 0 Å². The fourth-order valence-electron chi connectivity index (χ4n) is 1.97. The molecule has 3 rings (SSSR count). The van der Waals surface area contributed by atoms with Crippen molar-refractivity contribution in [2.75, 3.05) is 5.32 Å². The van der Waals surface area contributed by atoms with E-state index in [4.69, 9.17) is 0 Å². The first-order valence-corrected chi connectivity index (χ1v) is 5.91. The van der Waals surface area contributed by atoms with Gasteiger partial charge in [0.15, 0.2) is 0 Å². The zero-order valence-electron chi connectivity index (χ0n) is 10.2. The molecule has 0 spiro atoms. The molecule has 0 fully saturated rings. The van der Waals surface area contributed by atoms with Crippen LogP contribution in [0.2, 0.25) is 0 Å². The molecule has 1 N–H and O–H groups in total. The summed E-state index contributed by atoms with van der Waals surface area (Å²) in [5.74, 6) is 1.02. The van der Waals surface area contributed by atoms with Gasteiger partial charge in [-0.25, -0.2) is 4.98 Å². The van der Waals surface area contributed by atoms with E-state index in [0.717, 1.165) is 22.9 Å². The van der Waals surface area contributed by atoms with Gasteiger partial charge < -0.3 is 5.32 Å². The Hall–Kier alpha value is -2.36. The quantitative estimate of drug-likeness (QED) is 0.762. The second-order valence-corrected chi connectivity index (χ2v) is 4.19. The third-order valence-electron chi connectivity index (χ3n) is 2.82. The molecule has 4 nitrogen and oxygen atoms in total. The first kappa shape index (κ1) is 10.8. The van der Waals surface area contributed by atoms with Gasteiger partial charge in [0.2, 0.25) is 0 Å². The molecule has 0 aliphatic carbocycles. The topological polar surface area (TPSA) is 42.2 Å². The van der Waals surface area contributed by atoms with E-state index >= 15 is 0 Å². The minimum Gasteiger partial charge on any atom is -0.365 e. The summed E-state index contributed by atoms with van der Waals surface area (Å²) in [7, 11) is 0. The molecule has 0 atom stereocenters. The number of fused-ring (bicyclic) bond motifs is 1. The summed E-state index contributed by atoms with van der Waals surface area (Å²) in [6, 6.07) is 12.1. The van der Waals surface area contributed by atoms with Crippen LogP contribution >= 0.6 is 0 Å². The van der Waals surface area contributed by atoms with E-state index in [0.29, 0.717) is 6.54 Å². The summed E-state index contributed by atoms with van der Waals surface area (Å²) < 4.78 is 2.02. The van der Waals surface area contributed by atoms with Crippen LogP contribution in [0.25, 0.3) is 5.65 Å². The van der Waals surface area contributed by atoms with E-state index in [1.54, 1.807) is 6.20 Å². The van der Waals surface area contributed by atoms with Crippen LogP contribution in [-0.2, 0) is 6.54 Å². The molecule has 0 saturated heterocycles. The number of pyridine rings is 2. The van der Waals surface area contributed by atoms with Crippen LogP contribution in [-0.4, -0.2) is 14.4 Å². The van der Waals surface area contributed by atoms with Crippen molar-refractivity contribution in [3.05, 3.63) is 60.2 Å². The van der Waals surface area contributed by atoms with E-state index < -0.39 is 0 Å². The van der Waals surface area contributed by atoms with Crippen molar-refractivity contribution in [2.45, 2.75) is 13.5 Å². The van der Waals surface area contributed by atoms with Gasteiger partial charge in [-0.2, -0.15) is 0 Å². The highest BCUT2D eigenvalue weighted by Gasteiger charge is 2.00. The Morgan fingerprint density at radius 3 is 2.94 bits per heavy atom. The van der Waals surface area contributed by atoms with Crippen LogP contribution in [0.1, 0.15) is 11.4 Å². The number of hydrogen-bond acceptors (Lipinski definition) is 3. The van der Waals surface area contributed by atoms with Crippen molar-refractivity contribution >= 4 is 11.5 Å². The Bertz CT molecular complexity index is 672. The average Bonchev–Trinajstić information content (AvgIpc) is 2.85. The molecule has 0 aliphatic heterocycles. The zero-order chi connectivity index (χ0) is 12.4. The first-order valence-electron chi connectivity index (χ1n) is 5.91. The van der Waals surface area contributed by atoms with E-state index in [1.165, 1.54) is 0 Å². The van der Waals surface area contributed by atoms with Gasteiger partial charge in [-0.05, 0) is 31.2 Å². The highest BCUT2D eigenvalue weighted by atomic mass is 15.1. The van der Waals surface area contributed by atoms with Gasteiger partial charge in [0.25, 0.3) is 0 Å². The van der Waals surface area contributed by atoms with Crippen molar-refractivity contribution in [2.24, 2.45) is 0 Å². The molecule has 4 heteroatoms. The maximum Gasteiger partial charge on any atom is 0.138 e. The lowest BCUT2D eigenvalue weighted by Gasteiger charge is -2.08.